The van der Waals surface area contributed by atoms with E-state index in [0.29, 0.717) is 31.6 Å². The Hall–Kier alpha value is -4.73. The van der Waals surface area contributed by atoms with E-state index in [4.69, 9.17) is 4.42 Å². The van der Waals surface area contributed by atoms with Crippen molar-refractivity contribution in [3.05, 3.63) is 72.0 Å². The Morgan fingerprint density at radius 1 is 1.15 bits per heavy atom. The highest BCUT2D eigenvalue weighted by Gasteiger charge is 2.23. The third-order valence-corrected chi connectivity index (χ3v) is 7.18. The number of amides is 2. The number of hydrogen-bond donors (Lipinski definition) is 1. The molecular formula is C29H29N7O3. The number of nitrogens with one attached hydrogen (secondary N) is 1. The number of furan rings is 1. The predicted molar refractivity (Wildman–Crippen MR) is 148 cm³/mol. The Morgan fingerprint density at radius 2 is 2.03 bits per heavy atom. The van der Waals surface area contributed by atoms with E-state index in [9.17, 15) is 9.59 Å². The number of pyridine rings is 1. The van der Waals surface area contributed by atoms with Crippen LogP contribution in [0, 0.1) is 6.92 Å². The van der Waals surface area contributed by atoms with Crippen LogP contribution >= 0.6 is 0 Å². The fraction of sp³-hybridized carbons (Fsp3) is 0.276. The zero-order chi connectivity index (χ0) is 27.1. The van der Waals surface area contributed by atoms with Gasteiger partial charge in [-0.2, -0.15) is 0 Å². The topological polar surface area (TPSA) is 113 Å². The molecule has 0 fully saturated rings. The van der Waals surface area contributed by atoms with Gasteiger partial charge in [-0.25, -0.2) is 4.98 Å². The molecule has 6 rings (SSSR count). The molecule has 5 aromatic rings. The van der Waals surface area contributed by atoms with Gasteiger partial charge in [0, 0.05) is 74.1 Å². The molecule has 0 radical (unpaired) electrons. The molecule has 0 atom stereocenters. The first-order chi connectivity index (χ1) is 18.9. The van der Waals surface area contributed by atoms with E-state index in [1.165, 1.54) is 4.90 Å². The standard InChI is InChI=1S/C29H29N7O3/c1-18-15-30-28-23(18)13-22(16-31-28)24-12-20(11-21-14-25(39-27(21)24)29(38)34(2)3)19-5-4-8-35(17-19)26(37)6-9-36-10-7-32-33-36/h5,7,10-16H,4,6,8-9,17H2,1-3H3,(H,30,31). The summed E-state index contributed by atoms with van der Waals surface area (Å²) in [7, 11) is 3.41. The quantitative estimate of drug-likeness (QED) is 0.355. The SMILES string of the molecule is Cc1c[nH]c2ncc(-c3cc(C4=CCCN(C(=O)CCn5ccnn5)C4)cc4cc(C(=O)N(C)C)oc34)cc12. The highest BCUT2D eigenvalue weighted by molar-refractivity contribution is 6.02. The number of benzene rings is 1. The lowest BCUT2D eigenvalue weighted by Crippen LogP contribution is -2.35. The third kappa shape index (κ3) is 4.69. The molecule has 1 N–H and O–H groups in total. The molecule has 5 heterocycles. The number of hydrogen-bond acceptors (Lipinski definition) is 6. The van der Waals surface area contributed by atoms with Gasteiger partial charge in [-0.1, -0.05) is 11.3 Å². The summed E-state index contributed by atoms with van der Waals surface area (Å²) in [4.78, 5) is 37.0. The van der Waals surface area contributed by atoms with Crippen LogP contribution in [0.15, 0.2) is 59.5 Å². The second-order valence-electron chi connectivity index (χ2n) is 10.1. The van der Waals surface area contributed by atoms with Crippen molar-refractivity contribution in [3.63, 3.8) is 0 Å². The molecule has 1 aliphatic rings. The van der Waals surface area contributed by atoms with Crippen molar-refractivity contribution >= 4 is 39.4 Å². The maximum atomic E-state index is 13.0. The number of fused-ring (bicyclic) bond motifs is 2. The van der Waals surface area contributed by atoms with Crippen LogP contribution in [0.4, 0.5) is 0 Å². The van der Waals surface area contributed by atoms with E-state index < -0.39 is 0 Å². The summed E-state index contributed by atoms with van der Waals surface area (Å²) in [5.41, 5.74) is 6.36. The van der Waals surface area contributed by atoms with Gasteiger partial charge in [-0.05, 0) is 54.3 Å². The van der Waals surface area contributed by atoms with Crippen LogP contribution in [0.5, 0.6) is 0 Å². The summed E-state index contributed by atoms with van der Waals surface area (Å²) in [6.45, 7) is 3.72. The normalized spacial score (nSPS) is 13.7. The van der Waals surface area contributed by atoms with Crippen LogP contribution in [0.3, 0.4) is 0 Å². The Balaban J connectivity index is 1.38. The molecule has 198 valence electrons. The van der Waals surface area contributed by atoms with Crippen molar-refractivity contribution in [3.8, 4) is 11.1 Å². The largest absolute Gasteiger partial charge is 0.450 e. The molecule has 0 saturated heterocycles. The monoisotopic (exact) mass is 523 g/mol. The van der Waals surface area contributed by atoms with E-state index >= 15 is 0 Å². The molecule has 1 aliphatic heterocycles. The number of carbonyl (C=O) groups is 2. The Labute approximate surface area is 224 Å². The Morgan fingerprint density at radius 3 is 2.82 bits per heavy atom. The summed E-state index contributed by atoms with van der Waals surface area (Å²) in [6.07, 6.45) is 10.4. The van der Waals surface area contributed by atoms with Gasteiger partial charge >= 0.3 is 0 Å². The average Bonchev–Trinajstić information content (AvgIpc) is 3.71. The molecule has 4 aromatic heterocycles. The lowest BCUT2D eigenvalue weighted by Gasteiger charge is -2.28. The van der Waals surface area contributed by atoms with E-state index in [0.717, 1.165) is 50.7 Å². The Kier molecular flexibility index (Phi) is 6.22. The molecular weight excluding hydrogens is 494 g/mol. The van der Waals surface area contributed by atoms with Gasteiger partial charge in [0.05, 0.1) is 12.7 Å². The average molecular weight is 524 g/mol. The van der Waals surface area contributed by atoms with E-state index in [1.807, 2.05) is 30.3 Å². The lowest BCUT2D eigenvalue weighted by molar-refractivity contribution is -0.131. The van der Waals surface area contributed by atoms with Crippen LogP contribution in [0.2, 0.25) is 0 Å². The molecule has 10 nitrogen and oxygen atoms in total. The van der Waals surface area contributed by atoms with Gasteiger partial charge in [0.2, 0.25) is 5.91 Å². The van der Waals surface area contributed by atoms with Crippen molar-refractivity contribution < 1.29 is 14.0 Å². The van der Waals surface area contributed by atoms with Gasteiger partial charge < -0.3 is 19.2 Å². The van der Waals surface area contributed by atoms with Crippen molar-refractivity contribution in [1.82, 2.24) is 34.8 Å². The van der Waals surface area contributed by atoms with Crippen LogP contribution < -0.4 is 0 Å². The number of aromatic nitrogens is 5. The van der Waals surface area contributed by atoms with E-state index in [2.05, 4.69) is 38.5 Å². The fourth-order valence-electron chi connectivity index (χ4n) is 5.05. The van der Waals surface area contributed by atoms with Crippen LogP contribution in [-0.4, -0.2) is 73.8 Å². The maximum Gasteiger partial charge on any atom is 0.289 e. The van der Waals surface area contributed by atoms with Crippen molar-refractivity contribution in [1.29, 1.82) is 0 Å². The zero-order valence-electron chi connectivity index (χ0n) is 22.1. The minimum atomic E-state index is -0.199. The van der Waals surface area contributed by atoms with E-state index in [-0.39, 0.29) is 17.6 Å². The van der Waals surface area contributed by atoms with Crippen molar-refractivity contribution in [2.45, 2.75) is 26.3 Å². The molecule has 0 bridgehead atoms. The first-order valence-corrected chi connectivity index (χ1v) is 12.9. The number of carbonyl (C=O) groups excluding carboxylic acids is 2. The first-order valence-electron chi connectivity index (χ1n) is 12.9. The summed E-state index contributed by atoms with van der Waals surface area (Å²) in [6, 6.07) is 8.01. The molecule has 1 aromatic carbocycles. The highest BCUT2D eigenvalue weighted by atomic mass is 16.3. The maximum absolute atomic E-state index is 13.0. The number of rotatable bonds is 6. The first kappa shape index (κ1) is 24.6. The van der Waals surface area contributed by atoms with Gasteiger partial charge in [-0.15, -0.1) is 5.10 Å². The zero-order valence-corrected chi connectivity index (χ0v) is 22.1. The summed E-state index contributed by atoms with van der Waals surface area (Å²) in [5.74, 6) is 0.162. The Bertz CT molecular complexity index is 1730. The van der Waals surface area contributed by atoms with Gasteiger partial charge in [-0.3, -0.25) is 14.3 Å². The number of H-pyrrole nitrogens is 1. The fourth-order valence-corrected chi connectivity index (χ4v) is 5.05. The molecule has 39 heavy (non-hydrogen) atoms. The minimum absolute atomic E-state index is 0.0807. The van der Waals surface area contributed by atoms with Crippen molar-refractivity contribution in [2.75, 3.05) is 27.2 Å². The predicted octanol–water partition coefficient (Wildman–Crippen LogP) is 4.28. The smallest absolute Gasteiger partial charge is 0.289 e. The number of aromatic amines is 1. The summed E-state index contributed by atoms with van der Waals surface area (Å²) < 4.78 is 7.81. The second-order valence-corrected chi connectivity index (χ2v) is 10.1. The lowest BCUT2D eigenvalue weighted by atomic mass is 9.94. The molecule has 0 unspecified atom stereocenters. The second kappa shape index (κ2) is 9.86. The molecule has 10 heteroatoms. The molecule has 0 aliphatic carbocycles. The van der Waals surface area contributed by atoms with Gasteiger partial charge in [0.1, 0.15) is 11.2 Å². The van der Waals surface area contributed by atoms with Gasteiger partial charge in [0.15, 0.2) is 5.76 Å². The van der Waals surface area contributed by atoms with Crippen LogP contribution in [0.1, 0.15) is 34.5 Å². The number of nitrogens with zero attached hydrogens (tertiary/aromatic N) is 6. The summed E-state index contributed by atoms with van der Waals surface area (Å²) in [5, 5.41) is 9.61. The number of aryl methyl sites for hydroxylation is 2. The highest BCUT2D eigenvalue weighted by Crippen LogP contribution is 2.36. The van der Waals surface area contributed by atoms with Crippen LogP contribution in [0.25, 0.3) is 38.7 Å². The molecule has 2 amide bonds. The molecule has 0 spiro atoms. The summed E-state index contributed by atoms with van der Waals surface area (Å²) >= 11 is 0. The van der Waals surface area contributed by atoms with Crippen molar-refractivity contribution in [2.24, 2.45) is 0 Å². The minimum Gasteiger partial charge on any atom is -0.450 e. The van der Waals surface area contributed by atoms with Gasteiger partial charge in [0.25, 0.3) is 5.91 Å². The van der Waals surface area contributed by atoms with E-state index in [1.54, 1.807) is 37.2 Å². The van der Waals surface area contributed by atoms with Crippen LogP contribution in [-0.2, 0) is 11.3 Å². The molecule has 0 saturated carbocycles. The third-order valence-electron chi connectivity index (χ3n) is 7.18.